The number of rotatable bonds is 10. The van der Waals surface area contributed by atoms with Gasteiger partial charge in [0.25, 0.3) is 0 Å². The summed E-state index contributed by atoms with van der Waals surface area (Å²) in [5.74, 6) is 4.32. The van der Waals surface area contributed by atoms with Crippen LogP contribution in [0.25, 0.3) is 0 Å². The minimum atomic E-state index is 0.292. The van der Waals surface area contributed by atoms with Crippen molar-refractivity contribution >= 4 is 17.2 Å². The van der Waals surface area contributed by atoms with Crippen molar-refractivity contribution in [2.75, 3.05) is 45.2 Å². The Bertz CT molecular complexity index is 1200. The Hall–Kier alpha value is -2.15. The molecule has 2 aliphatic heterocycles. The number of piperidine rings is 2. The van der Waals surface area contributed by atoms with Gasteiger partial charge in [-0.3, -0.25) is 4.90 Å². The molecule has 2 aromatic heterocycles. The van der Waals surface area contributed by atoms with Crippen LogP contribution in [0, 0.1) is 17.8 Å². The number of oxazole rings is 1. The van der Waals surface area contributed by atoms with Crippen LogP contribution in [0.4, 0.5) is 5.88 Å². The van der Waals surface area contributed by atoms with Gasteiger partial charge in [0.05, 0.1) is 6.04 Å². The van der Waals surface area contributed by atoms with Crippen LogP contribution in [0.1, 0.15) is 105 Å². The number of nitrogens with zero attached hydrogens (tertiary/aromatic N) is 4. The average molecular weight is 589 g/mol. The molecule has 0 N–H and O–H groups in total. The second-order valence-electron chi connectivity index (χ2n) is 13.7. The molecule has 1 saturated carbocycles. The van der Waals surface area contributed by atoms with E-state index in [-0.39, 0.29) is 0 Å². The molecule has 2 unspecified atom stereocenters. The summed E-state index contributed by atoms with van der Waals surface area (Å²) in [7, 11) is 4.53. The van der Waals surface area contributed by atoms with E-state index in [0.29, 0.717) is 12.1 Å². The minimum absolute atomic E-state index is 0.292. The third-order valence-corrected chi connectivity index (χ3v) is 11.3. The summed E-state index contributed by atoms with van der Waals surface area (Å²) >= 11 is 1.92. The Kier molecular flexibility index (Phi) is 10.0. The van der Waals surface area contributed by atoms with E-state index in [9.17, 15) is 0 Å². The molecule has 3 aromatic rings. The third kappa shape index (κ3) is 7.14. The van der Waals surface area contributed by atoms with Gasteiger partial charge in [-0.05, 0) is 107 Å². The van der Waals surface area contributed by atoms with Crippen LogP contribution < -0.4 is 4.90 Å². The summed E-state index contributed by atoms with van der Waals surface area (Å²) in [6, 6.07) is 16.2. The molecule has 0 amide bonds. The SMILES string of the molecule is CC1CCN(c2oc(C(CC3CCC(C(c4cccs4)N(C)C)CC3)N3CCCCC3)nc2Cc2ccccc2)CC1. The molecule has 228 valence electrons. The van der Waals surface area contributed by atoms with Crippen molar-refractivity contribution in [3.8, 4) is 0 Å². The standard InChI is InChI=1S/C36H52N4OS/c1-27-18-22-40(23-19-27)36-31(25-28-11-6-4-7-12-28)37-35(41-36)32(39-20-8-5-9-21-39)26-29-14-16-30(17-15-29)34(38(2)3)33-13-10-24-42-33/h4,6-7,10-13,24,27,29-30,32,34H,5,8-9,14-23,25-26H2,1-3H3. The quantitative estimate of drug-likeness (QED) is 0.237. The Morgan fingerprint density at radius 1 is 0.905 bits per heavy atom. The molecular weight excluding hydrogens is 536 g/mol. The smallest absolute Gasteiger partial charge is 0.219 e. The molecule has 2 saturated heterocycles. The maximum Gasteiger partial charge on any atom is 0.219 e. The minimum Gasteiger partial charge on any atom is -0.423 e. The first-order chi connectivity index (χ1) is 20.5. The fraction of sp³-hybridized carbons (Fsp3) is 0.639. The van der Waals surface area contributed by atoms with Crippen LogP contribution in [0.15, 0.2) is 52.3 Å². The Labute approximate surface area is 258 Å². The number of hydrogen-bond acceptors (Lipinski definition) is 6. The fourth-order valence-corrected chi connectivity index (χ4v) is 8.94. The highest BCUT2D eigenvalue weighted by Gasteiger charge is 2.35. The van der Waals surface area contributed by atoms with E-state index in [0.717, 1.165) is 54.7 Å². The van der Waals surface area contributed by atoms with Crippen molar-refractivity contribution < 1.29 is 4.42 Å². The Balaban J connectivity index is 1.22. The Morgan fingerprint density at radius 2 is 1.64 bits per heavy atom. The maximum atomic E-state index is 6.93. The van der Waals surface area contributed by atoms with E-state index in [1.807, 2.05) is 11.3 Å². The van der Waals surface area contributed by atoms with Crippen LogP contribution in [-0.2, 0) is 6.42 Å². The molecule has 5 nitrogen and oxygen atoms in total. The molecule has 0 spiro atoms. The normalized spacial score (nSPS) is 24.2. The fourth-order valence-electron chi connectivity index (χ4n) is 7.93. The molecule has 1 aliphatic carbocycles. The first kappa shape index (κ1) is 29.9. The third-order valence-electron chi connectivity index (χ3n) is 10.4. The second-order valence-corrected chi connectivity index (χ2v) is 14.7. The number of thiophene rings is 1. The van der Waals surface area contributed by atoms with Gasteiger partial charge in [0, 0.05) is 30.4 Å². The number of benzene rings is 1. The van der Waals surface area contributed by atoms with Crippen molar-refractivity contribution in [2.24, 2.45) is 17.8 Å². The van der Waals surface area contributed by atoms with Crippen molar-refractivity contribution in [1.29, 1.82) is 0 Å². The summed E-state index contributed by atoms with van der Waals surface area (Å²) < 4.78 is 6.93. The lowest BCUT2D eigenvalue weighted by Crippen LogP contribution is -2.36. The molecule has 1 aromatic carbocycles. The van der Waals surface area contributed by atoms with Gasteiger partial charge in [0.1, 0.15) is 5.69 Å². The molecular formula is C36H52N4OS. The van der Waals surface area contributed by atoms with E-state index in [2.05, 4.69) is 83.6 Å². The van der Waals surface area contributed by atoms with Crippen molar-refractivity contribution in [3.63, 3.8) is 0 Å². The Morgan fingerprint density at radius 3 is 2.31 bits per heavy atom. The maximum absolute atomic E-state index is 6.93. The first-order valence-corrected chi connectivity index (χ1v) is 17.7. The number of aromatic nitrogens is 1. The predicted molar refractivity (Wildman–Crippen MR) is 175 cm³/mol. The lowest BCUT2D eigenvalue weighted by molar-refractivity contribution is 0.0949. The number of hydrogen-bond donors (Lipinski definition) is 0. The highest BCUT2D eigenvalue weighted by Crippen LogP contribution is 2.44. The molecule has 3 aliphatic rings. The number of likely N-dealkylation sites (tertiary alicyclic amines) is 1. The van der Waals surface area contributed by atoms with Gasteiger partial charge in [-0.25, -0.2) is 4.98 Å². The molecule has 4 heterocycles. The van der Waals surface area contributed by atoms with E-state index in [4.69, 9.17) is 9.40 Å². The van der Waals surface area contributed by atoms with Gasteiger partial charge in [0.2, 0.25) is 11.8 Å². The van der Waals surface area contributed by atoms with E-state index >= 15 is 0 Å². The predicted octanol–water partition coefficient (Wildman–Crippen LogP) is 8.59. The summed E-state index contributed by atoms with van der Waals surface area (Å²) in [5.41, 5.74) is 2.46. The molecule has 0 bridgehead atoms. The first-order valence-electron chi connectivity index (χ1n) is 16.8. The second kappa shape index (κ2) is 14.1. The lowest BCUT2D eigenvalue weighted by atomic mass is 9.75. The molecule has 6 rings (SSSR count). The van der Waals surface area contributed by atoms with Crippen molar-refractivity contribution in [3.05, 3.63) is 69.9 Å². The van der Waals surface area contributed by atoms with Crippen molar-refractivity contribution in [1.82, 2.24) is 14.8 Å². The zero-order valence-corrected chi connectivity index (χ0v) is 27.0. The van der Waals surface area contributed by atoms with Gasteiger partial charge in [-0.2, -0.15) is 0 Å². The monoisotopic (exact) mass is 588 g/mol. The van der Waals surface area contributed by atoms with Crippen LogP contribution in [0.2, 0.25) is 0 Å². The van der Waals surface area contributed by atoms with Crippen LogP contribution in [0.3, 0.4) is 0 Å². The molecule has 0 radical (unpaired) electrons. The summed E-state index contributed by atoms with van der Waals surface area (Å²) in [5, 5.41) is 2.24. The summed E-state index contributed by atoms with van der Waals surface area (Å²) in [6.45, 7) is 6.89. The van der Waals surface area contributed by atoms with Gasteiger partial charge >= 0.3 is 0 Å². The summed E-state index contributed by atoms with van der Waals surface area (Å²) in [6.07, 6.45) is 13.7. The van der Waals surface area contributed by atoms with E-state index in [1.54, 1.807) is 0 Å². The van der Waals surface area contributed by atoms with Gasteiger partial charge in [-0.1, -0.05) is 62.6 Å². The largest absolute Gasteiger partial charge is 0.423 e. The lowest BCUT2D eigenvalue weighted by Gasteiger charge is -2.39. The highest BCUT2D eigenvalue weighted by atomic mass is 32.1. The van der Waals surface area contributed by atoms with Gasteiger partial charge in [0.15, 0.2) is 0 Å². The van der Waals surface area contributed by atoms with Crippen molar-refractivity contribution in [2.45, 2.75) is 89.6 Å². The van der Waals surface area contributed by atoms with Gasteiger partial charge < -0.3 is 14.2 Å². The van der Waals surface area contributed by atoms with Crippen LogP contribution in [-0.4, -0.2) is 55.1 Å². The molecule has 2 atom stereocenters. The molecule has 42 heavy (non-hydrogen) atoms. The van der Waals surface area contributed by atoms with Crippen LogP contribution >= 0.6 is 11.3 Å². The highest BCUT2D eigenvalue weighted by molar-refractivity contribution is 7.10. The zero-order valence-electron chi connectivity index (χ0n) is 26.2. The molecule has 3 fully saturated rings. The van der Waals surface area contributed by atoms with Crippen LogP contribution in [0.5, 0.6) is 0 Å². The topological polar surface area (TPSA) is 35.8 Å². The van der Waals surface area contributed by atoms with E-state index < -0.39 is 0 Å². The number of anilines is 1. The molecule has 6 heteroatoms. The summed E-state index contributed by atoms with van der Waals surface area (Å²) in [4.78, 5) is 14.6. The zero-order chi connectivity index (χ0) is 28.9. The van der Waals surface area contributed by atoms with Gasteiger partial charge in [-0.15, -0.1) is 11.3 Å². The average Bonchev–Trinajstić information content (AvgIpc) is 3.69. The van der Waals surface area contributed by atoms with E-state index in [1.165, 1.54) is 87.7 Å².